The fourth-order valence-electron chi connectivity index (χ4n) is 2.52. The molecule has 0 fully saturated rings. The van der Waals surface area contributed by atoms with E-state index >= 15 is 0 Å². The maximum absolute atomic E-state index is 12.6. The lowest BCUT2D eigenvalue weighted by Crippen LogP contribution is -2.09. The summed E-state index contributed by atoms with van der Waals surface area (Å²) in [5.41, 5.74) is 1.28. The van der Waals surface area contributed by atoms with E-state index in [9.17, 15) is 9.59 Å². The summed E-state index contributed by atoms with van der Waals surface area (Å²) < 4.78 is 26.3. The first-order valence-corrected chi connectivity index (χ1v) is 8.10. The molecule has 0 bridgehead atoms. The topological polar surface area (TPSA) is 80.3 Å². The van der Waals surface area contributed by atoms with Crippen LogP contribution in [0.25, 0.3) is 0 Å². The van der Waals surface area contributed by atoms with Gasteiger partial charge in [-0.15, -0.1) is 0 Å². The predicted molar refractivity (Wildman–Crippen MR) is 98.2 cm³/mol. The predicted octanol–water partition coefficient (Wildman–Crippen LogP) is 3.28. The van der Waals surface area contributed by atoms with Gasteiger partial charge in [-0.3, -0.25) is 4.79 Å². The van der Waals surface area contributed by atoms with Gasteiger partial charge in [0.15, 0.2) is 17.3 Å². The Balaban J connectivity index is 2.28. The number of esters is 1. The number of Topliss-reactive ketones (excluding diaryl/α,β-unsaturated/α-hetero) is 1. The summed E-state index contributed by atoms with van der Waals surface area (Å²) in [5, 5.41) is 0. The minimum Gasteiger partial charge on any atom is -0.496 e. The second-order valence-electron chi connectivity index (χ2n) is 5.57. The first-order chi connectivity index (χ1) is 12.9. The van der Waals surface area contributed by atoms with E-state index in [-0.39, 0.29) is 18.0 Å². The third-order valence-electron chi connectivity index (χ3n) is 3.97. The van der Waals surface area contributed by atoms with Crippen LogP contribution in [-0.4, -0.2) is 40.2 Å². The Labute approximate surface area is 157 Å². The third kappa shape index (κ3) is 4.49. The number of carbonyl (C=O) groups is 2. The van der Waals surface area contributed by atoms with Gasteiger partial charge >= 0.3 is 5.97 Å². The Morgan fingerprint density at radius 1 is 0.778 bits per heavy atom. The zero-order chi connectivity index (χ0) is 20.0. The van der Waals surface area contributed by atoms with E-state index in [1.807, 2.05) is 0 Å². The fraction of sp³-hybridized carbons (Fsp3) is 0.300. The van der Waals surface area contributed by atoms with Gasteiger partial charge in [0.05, 0.1) is 28.4 Å². The zero-order valence-electron chi connectivity index (χ0n) is 16.0. The maximum atomic E-state index is 12.6. The smallest absolute Gasteiger partial charge is 0.342 e. The molecule has 0 aromatic heterocycles. The highest BCUT2D eigenvalue weighted by Gasteiger charge is 2.20. The molecule has 0 unspecified atom stereocenters. The Kier molecular flexibility index (Phi) is 6.65. The van der Waals surface area contributed by atoms with E-state index in [0.29, 0.717) is 34.1 Å². The largest absolute Gasteiger partial charge is 0.496 e. The molecule has 0 saturated carbocycles. The van der Waals surface area contributed by atoms with Crippen molar-refractivity contribution in [3.63, 3.8) is 0 Å². The Morgan fingerprint density at radius 2 is 1.37 bits per heavy atom. The summed E-state index contributed by atoms with van der Waals surface area (Å²) in [6.07, 6.45) is 0. The van der Waals surface area contributed by atoms with E-state index in [4.69, 9.17) is 23.7 Å². The molecule has 144 valence electrons. The van der Waals surface area contributed by atoms with E-state index < -0.39 is 5.97 Å². The highest BCUT2D eigenvalue weighted by atomic mass is 16.5. The highest BCUT2D eigenvalue weighted by Crippen LogP contribution is 2.35. The van der Waals surface area contributed by atoms with Crippen molar-refractivity contribution in [2.75, 3.05) is 28.4 Å². The minimum atomic E-state index is -0.608. The van der Waals surface area contributed by atoms with Crippen molar-refractivity contribution in [1.82, 2.24) is 0 Å². The zero-order valence-corrected chi connectivity index (χ0v) is 16.0. The lowest BCUT2D eigenvalue weighted by atomic mass is 10.1. The lowest BCUT2D eigenvalue weighted by molar-refractivity contribution is 0.0466. The molecule has 0 saturated heterocycles. The number of rotatable bonds is 8. The molecule has 7 nitrogen and oxygen atoms in total. The van der Waals surface area contributed by atoms with Crippen LogP contribution in [0.2, 0.25) is 0 Å². The van der Waals surface area contributed by atoms with Gasteiger partial charge in [-0.1, -0.05) is 0 Å². The first-order valence-electron chi connectivity index (χ1n) is 8.10. The molecule has 0 spiro atoms. The molecule has 0 atom stereocenters. The molecule has 0 amide bonds. The number of hydrogen-bond donors (Lipinski definition) is 0. The molecular formula is C20H22O7. The number of carbonyl (C=O) groups excluding carboxylic acids is 2. The van der Waals surface area contributed by atoms with Crippen molar-refractivity contribution in [3.8, 4) is 23.0 Å². The van der Waals surface area contributed by atoms with Gasteiger partial charge < -0.3 is 23.7 Å². The summed E-state index contributed by atoms with van der Waals surface area (Å²) in [6.45, 7) is 1.40. The van der Waals surface area contributed by atoms with Gasteiger partial charge in [0.25, 0.3) is 0 Å². The molecule has 0 radical (unpaired) electrons. The summed E-state index contributed by atoms with van der Waals surface area (Å²) in [5.74, 6) is 0.923. The van der Waals surface area contributed by atoms with Crippen molar-refractivity contribution in [2.24, 2.45) is 0 Å². The van der Waals surface area contributed by atoms with Crippen molar-refractivity contribution < 1.29 is 33.3 Å². The SMILES string of the molecule is COc1ccc(C(C)=O)cc1COC(=O)c1cc(OC)c(OC)cc1OC. The van der Waals surface area contributed by atoms with E-state index in [2.05, 4.69) is 0 Å². The molecule has 0 heterocycles. The molecule has 2 aromatic carbocycles. The van der Waals surface area contributed by atoms with Crippen molar-refractivity contribution in [1.29, 1.82) is 0 Å². The fourth-order valence-corrected chi connectivity index (χ4v) is 2.52. The van der Waals surface area contributed by atoms with Crippen LogP contribution in [0.3, 0.4) is 0 Å². The van der Waals surface area contributed by atoms with Crippen LogP contribution in [0.15, 0.2) is 30.3 Å². The van der Waals surface area contributed by atoms with E-state index in [1.54, 1.807) is 24.3 Å². The van der Waals surface area contributed by atoms with Crippen LogP contribution in [0.5, 0.6) is 23.0 Å². The van der Waals surface area contributed by atoms with Gasteiger partial charge in [-0.25, -0.2) is 4.79 Å². The monoisotopic (exact) mass is 374 g/mol. The minimum absolute atomic E-state index is 0.0688. The second-order valence-corrected chi connectivity index (χ2v) is 5.57. The normalized spacial score (nSPS) is 10.1. The summed E-state index contributed by atoms with van der Waals surface area (Å²) in [4.78, 5) is 24.2. The van der Waals surface area contributed by atoms with Crippen molar-refractivity contribution >= 4 is 11.8 Å². The van der Waals surface area contributed by atoms with Gasteiger partial charge in [-0.05, 0) is 25.1 Å². The van der Waals surface area contributed by atoms with Crippen molar-refractivity contribution in [2.45, 2.75) is 13.5 Å². The van der Waals surface area contributed by atoms with Gasteiger partial charge in [0.1, 0.15) is 23.7 Å². The first kappa shape index (κ1) is 20.1. The molecule has 0 aliphatic rings. The third-order valence-corrected chi connectivity index (χ3v) is 3.97. The molecule has 0 aliphatic carbocycles. The van der Waals surface area contributed by atoms with Crippen LogP contribution in [0.1, 0.15) is 33.2 Å². The van der Waals surface area contributed by atoms with Gasteiger partial charge in [0.2, 0.25) is 0 Å². The van der Waals surface area contributed by atoms with Crippen LogP contribution < -0.4 is 18.9 Å². The molecule has 27 heavy (non-hydrogen) atoms. The van der Waals surface area contributed by atoms with E-state index in [0.717, 1.165) is 0 Å². The van der Waals surface area contributed by atoms with Gasteiger partial charge in [-0.2, -0.15) is 0 Å². The number of methoxy groups -OCH3 is 4. The Morgan fingerprint density at radius 3 is 1.93 bits per heavy atom. The quantitative estimate of drug-likeness (QED) is 0.518. The average Bonchev–Trinajstić information content (AvgIpc) is 2.70. The molecule has 2 rings (SSSR count). The van der Waals surface area contributed by atoms with E-state index in [1.165, 1.54) is 41.4 Å². The number of ketones is 1. The molecule has 2 aromatic rings. The van der Waals surface area contributed by atoms with Crippen LogP contribution in [0, 0.1) is 0 Å². The molecule has 0 N–H and O–H groups in total. The average molecular weight is 374 g/mol. The lowest BCUT2D eigenvalue weighted by Gasteiger charge is -2.14. The molecular weight excluding hydrogens is 352 g/mol. The Bertz CT molecular complexity index is 842. The number of benzene rings is 2. The van der Waals surface area contributed by atoms with Crippen LogP contribution >= 0.6 is 0 Å². The maximum Gasteiger partial charge on any atom is 0.342 e. The number of hydrogen-bond acceptors (Lipinski definition) is 7. The van der Waals surface area contributed by atoms with Crippen LogP contribution in [0.4, 0.5) is 0 Å². The second kappa shape index (κ2) is 8.93. The van der Waals surface area contributed by atoms with Crippen molar-refractivity contribution in [3.05, 3.63) is 47.0 Å². The Hall–Kier alpha value is -3.22. The molecule has 0 aliphatic heterocycles. The summed E-state index contributed by atoms with van der Waals surface area (Å²) in [7, 11) is 5.91. The number of ether oxygens (including phenoxy) is 5. The van der Waals surface area contributed by atoms with Crippen LogP contribution in [-0.2, 0) is 11.3 Å². The highest BCUT2D eigenvalue weighted by molar-refractivity contribution is 5.95. The van der Waals surface area contributed by atoms with Gasteiger partial charge in [0, 0.05) is 23.3 Å². The standard InChI is InChI=1S/C20H22O7/c1-12(21)13-6-7-16(23-2)14(8-13)11-27-20(22)15-9-18(25-4)19(26-5)10-17(15)24-3/h6-10H,11H2,1-5H3. The summed E-state index contributed by atoms with van der Waals surface area (Å²) in [6, 6.07) is 8.00. The molecule has 7 heteroatoms. The summed E-state index contributed by atoms with van der Waals surface area (Å²) >= 11 is 0.